The predicted molar refractivity (Wildman–Crippen MR) is 48.9 cm³/mol. The van der Waals surface area contributed by atoms with Crippen LogP contribution >= 0.6 is 0 Å². The van der Waals surface area contributed by atoms with Crippen LogP contribution in [-0.4, -0.2) is 40.6 Å². The van der Waals surface area contributed by atoms with E-state index in [1.54, 1.807) is 0 Å². The molecule has 5 nitrogen and oxygen atoms in total. The minimum Gasteiger partial charge on any atom is -0.393 e. The van der Waals surface area contributed by atoms with E-state index >= 15 is 0 Å². The van der Waals surface area contributed by atoms with Gasteiger partial charge in [-0.2, -0.15) is 0 Å². The highest BCUT2D eigenvalue weighted by atomic mass is 32.2. The minimum atomic E-state index is -3.46. The van der Waals surface area contributed by atoms with Gasteiger partial charge in [-0.1, -0.05) is 0 Å². The van der Waals surface area contributed by atoms with E-state index in [2.05, 4.69) is 0 Å². The largest absolute Gasteiger partial charge is 0.393 e. The second-order valence-electron chi connectivity index (χ2n) is 4.40. The summed E-state index contributed by atoms with van der Waals surface area (Å²) in [6.07, 6.45) is 0.300. The van der Waals surface area contributed by atoms with Crippen LogP contribution in [0.2, 0.25) is 0 Å². The molecule has 14 heavy (non-hydrogen) atoms. The molecule has 1 amide bonds. The van der Waals surface area contributed by atoms with Crippen LogP contribution in [0.4, 0.5) is 0 Å². The fourth-order valence-corrected chi connectivity index (χ4v) is 3.49. The van der Waals surface area contributed by atoms with E-state index in [0.717, 1.165) is 4.31 Å². The molecule has 0 atom stereocenters. The molecule has 1 saturated carbocycles. The van der Waals surface area contributed by atoms with Crippen LogP contribution in [0.15, 0.2) is 0 Å². The third kappa shape index (κ3) is 0.926. The van der Waals surface area contributed by atoms with Crippen molar-refractivity contribution in [2.24, 2.45) is 0 Å². The van der Waals surface area contributed by atoms with Gasteiger partial charge in [0.25, 0.3) is 15.9 Å². The number of hydrogen-bond acceptors (Lipinski definition) is 4. The molecule has 1 heterocycles. The Hall–Kier alpha value is -0.620. The van der Waals surface area contributed by atoms with Crippen LogP contribution in [0, 0.1) is 0 Å². The molecule has 1 saturated heterocycles. The fraction of sp³-hybridized carbons (Fsp3) is 0.875. The number of nitrogens with zero attached hydrogens (tertiary/aromatic N) is 1. The Kier molecular flexibility index (Phi) is 1.76. The molecule has 0 aromatic carbocycles. The van der Waals surface area contributed by atoms with E-state index in [4.69, 9.17) is 5.11 Å². The molecule has 0 aromatic heterocycles. The van der Waals surface area contributed by atoms with Gasteiger partial charge in [0.05, 0.1) is 12.1 Å². The molecule has 0 unspecified atom stereocenters. The summed E-state index contributed by atoms with van der Waals surface area (Å²) in [6.45, 7) is 2.83. The maximum Gasteiger partial charge on any atom is 0.259 e. The third-order valence-corrected chi connectivity index (χ3v) is 5.49. The zero-order chi connectivity index (χ0) is 10.7. The lowest BCUT2D eigenvalue weighted by Crippen LogP contribution is -2.72. The molecule has 1 aliphatic carbocycles. The van der Waals surface area contributed by atoms with Gasteiger partial charge in [-0.3, -0.25) is 4.79 Å². The van der Waals surface area contributed by atoms with E-state index in [1.807, 2.05) is 0 Å². The van der Waals surface area contributed by atoms with E-state index in [0.29, 0.717) is 12.8 Å². The fourth-order valence-electron chi connectivity index (χ4n) is 1.80. The lowest BCUT2D eigenvalue weighted by molar-refractivity contribution is -0.137. The number of rotatable bonds is 1. The lowest BCUT2D eigenvalue weighted by Gasteiger charge is -2.50. The zero-order valence-corrected chi connectivity index (χ0v) is 8.91. The van der Waals surface area contributed by atoms with Gasteiger partial charge in [0.15, 0.2) is 4.75 Å². The summed E-state index contributed by atoms with van der Waals surface area (Å²) < 4.78 is 23.0. The Balaban J connectivity index is 2.21. The third-order valence-electron chi connectivity index (χ3n) is 3.04. The van der Waals surface area contributed by atoms with Gasteiger partial charge in [-0.15, -0.1) is 0 Å². The summed E-state index contributed by atoms with van der Waals surface area (Å²) in [6, 6.07) is -0.310. The summed E-state index contributed by atoms with van der Waals surface area (Å²) in [5, 5.41) is 9.04. The standard InChI is InChI=1S/C8H13NO4S/c1-8(2)7(11)9(14(8,12)13)5-3-6(10)4-5/h5-6,10H,3-4H2,1-2H3. The van der Waals surface area contributed by atoms with Crippen molar-refractivity contribution in [3.63, 3.8) is 0 Å². The first kappa shape index (κ1) is 9.92. The molecule has 2 rings (SSSR count). The zero-order valence-electron chi connectivity index (χ0n) is 8.10. The Bertz CT molecular complexity index is 380. The van der Waals surface area contributed by atoms with Crippen molar-refractivity contribution in [2.45, 2.75) is 43.6 Å². The van der Waals surface area contributed by atoms with Crippen LogP contribution in [0.5, 0.6) is 0 Å². The quantitative estimate of drug-likeness (QED) is 0.642. The number of carbonyl (C=O) groups excluding carboxylic acids is 1. The van der Waals surface area contributed by atoms with Crippen molar-refractivity contribution in [3.8, 4) is 0 Å². The van der Waals surface area contributed by atoms with Crippen molar-refractivity contribution in [1.29, 1.82) is 0 Å². The van der Waals surface area contributed by atoms with Gasteiger partial charge >= 0.3 is 0 Å². The van der Waals surface area contributed by atoms with Crippen LogP contribution in [0.3, 0.4) is 0 Å². The highest BCUT2D eigenvalue weighted by Gasteiger charge is 2.63. The number of aliphatic hydroxyl groups excluding tert-OH is 1. The Labute approximate surface area is 82.8 Å². The van der Waals surface area contributed by atoms with E-state index in [9.17, 15) is 13.2 Å². The van der Waals surface area contributed by atoms with Crippen molar-refractivity contribution < 1.29 is 18.3 Å². The molecule has 2 aliphatic rings. The van der Waals surface area contributed by atoms with Crippen molar-refractivity contribution in [3.05, 3.63) is 0 Å². The van der Waals surface area contributed by atoms with Crippen molar-refractivity contribution >= 4 is 15.9 Å². The molecular weight excluding hydrogens is 206 g/mol. The molecular formula is C8H13NO4S. The van der Waals surface area contributed by atoms with Crippen LogP contribution < -0.4 is 0 Å². The maximum absolute atomic E-state index is 11.6. The second kappa shape index (κ2) is 2.49. The smallest absolute Gasteiger partial charge is 0.259 e. The van der Waals surface area contributed by atoms with Gasteiger partial charge in [-0.05, 0) is 26.7 Å². The monoisotopic (exact) mass is 219 g/mol. The average Bonchev–Trinajstić information content (AvgIpc) is 2.00. The highest BCUT2D eigenvalue weighted by Crippen LogP contribution is 2.41. The number of aliphatic hydroxyl groups is 1. The summed E-state index contributed by atoms with van der Waals surface area (Å²) in [4.78, 5) is 11.5. The Morgan fingerprint density at radius 1 is 1.43 bits per heavy atom. The molecule has 1 N–H and O–H groups in total. The molecule has 0 aromatic rings. The van der Waals surface area contributed by atoms with Gasteiger partial charge in [0.2, 0.25) is 0 Å². The topological polar surface area (TPSA) is 74.7 Å². The Morgan fingerprint density at radius 3 is 2.29 bits per heavy atom. The van der Waals surface area contributed by atoms with E-state index < -0.39 is 20.9 Å². The SMILES string of the molecule is CC1(C)C(=O)N(C2CC(O)C2)S1(=O)=O. The first-order chi connectivity index (χ1) is 6.28. The number of hydrogen-bond donors (Lipinski definition) is 1. The van der Waals surface area contributed by atoms with Crippen molar-refractivity contribution in [2.75, 3.05) is 0 Å². The highest BCUT2D eigenvalue weighted by molar-refractivity contribution is 7.94. The first-order valence-corrected chi connectivity index (χ1v) is 5.99. The molecule has 1 aliphatic heterocycles. The molecule has 2 fully saturated rings. The van der Waals surface area contributed by atoms with Gasteiger partial charge in [-0.25, -0.2) is 12.7 Å². The lowest BCUT2D eigenvalue weighted by atomic mass is 9.89. The number of amides is 1. The Morgan fingerprint density at radius 2 is 1.93 bits per heavy atom. The van der Waals surface area contributed by atoms with Gasteiger partial charge < -0.3 is 5.11 Å². The minimum absolute atomic E-state index is 0.310. The molecule has 0 radical (unpaired) electrons. The number of sulfonamides is 1. The summed E-state index contributed by atoms with van der Waals surface area (Å²) in [5.41, 5.74) is 0. The van der Waals surface area contributed by atoms with Crippen LogP contribution in [0.1, 0.15) is 26.7 Å². The maximum atomic E-state index is 11.6. The van der Waals surface area contributed by atoms with E-state index in [-0.39, 0.29) is 11.9 Å². The van der Waals surface area contributed by atoms with E-state index in [1.165, 1.54) is 13.8 Å². The van der Waals surface area contributed by atoms with Crippen LogP contribution in [0.25, 0.3) is 0 Å². The summed E-state index contributed by atoms with van der Waals surface area (Å²) >= 11 is 0. The first-order valence-electron chi connectivity index (χ1n) is 4.55. The molecule has 6 heteroatoms. The predicted octanol–water partition coefficient (Wildman–Crippen LogP) is -0.540. The molecule has 0 spiro atoms. The molecule has 0 bridgehead atoms. The number of carbonyl (C=O) groups is 1. The van der Waals surface area contributed by atoms with Gasteiger partial charge in [0.1, 0.15) is 0 Å². The average molecular weight is 219 g/mol. The van der Waals surface area contributed by atoms with Gasteiger partial charge in [0, 0.05) is 0 Å². The summed E-state index contributed by atoms with van der Waals surface area (Å²) in [5.74, 6) is -0.352. The van der Waals surface area contributed by atoms with Crippen molar-refractivity contribution in [1.82, 2.24) is 4.31 Å². The second-order valence-corrected chi connectivity index (χ2v) is 6.76. The normalized spacial score (nSPS) is 38.8. The summed E-state index contributed by atoms with van der Waals surface area (Å²) in [7, 11) is -3.46. The molecule has 80 valence electrons. The van der Waals surface area contributed by atoms with Crippen LogP contribution in [-0.2, 0) is 14.8 Å².